The third-order valence-corrected chi connectivity index (χ3v) is 6.69. The molecule has 0 aliphatic heterocycles. The summed E-state index contributed by atoms with van der Waals surface area (Å²) in [6.07, 6.45) is 3.02. The molecule has 7 N–H and O–H groups in total. The van der Waals surface area contributed by atoms with E-state index < -0.39 is 32.7 Å². The quantitative estimate of drug-likeness (QED) is 0.267. The Bertz CT molecular complexity index is 342. The monoisotopic (exact) mass is 319 g/mol. The van der Waals surface area contributed by atoms with E-state index in [-0.39, 0.29) is 0 Å². The molecule has 0 aliphatic carbocycles. The van der Waals surface area contributed by atoms with Crippen molar-refractivity contribution in [3.8, 4) is 0 Å². The number of aliphatic hydroxyl groups is 1. The van der Waals surface area contributed by atoms with E-state index in [0.29, 0.717) is 12.8 Å². The maximum Gasteiger partial charge on any atom is 0.369 e. The molecule has 1 atom stereocenters. The first-order valence-corrected chi connectivity index (χ1v) is 9.27. The third kappa shape index (κ3) is 5.61. The number of hydrogen-bond donors (Lipinski definition) is 6. The molecule has 0 saturated heterocycles. The van der Waals surface area contributed by atoms with Gasteiger partial charge in [-0.05, 0) is 6.42 Å². The first kappa shape index (κ1) is 19.2. The highest BCUT2D eigenvalue weighted by atomic mass is 31.2. The normalized spacial score (nSPS) is 15.5. The fraction of sp³-hybridized carbons (Fsp3) is 1.00. The Morgan fingerprint density at radius 3 is 1.89 bits per heavy atom. The Balaban J connectivity index is 4.69. The fourth-order valence-electron chi connectivity index (χ4n) is 1.69. The van der Waals surface area contributed by atoms with Crippen LogP contribution in [0.5, 0.6) is 0 Å². The molecule has 1 unspecified atom stereocenters. The maximum absolute atomic E-state index is 11.1. The lowest BCUT2D eigenvalue weighted by molar-refractivity contribution is 0.115. The minimum Gasteiger partial charge on any atom is -0.367 e. The van der Waals surface area contributed by atoms with Gasteiger partial charge < -0.3 is 30.4 Å². The summed E-state index contributed by atoms with van der Waals surface area (Å²) < 4.78 is 22.2. The summed E-state index contributed by atoms with van der Waals surface area (Å²) in [5.74, 6) is 0. The highest BCUT2D eigenvalue weighted by molar-refractivity contribution is 7.72. The minimum atomic E-state index is -5.40. The predicted octanol–water partition coefficient (Wildman–Crippen LogP) is 0.676. The van der Waals surface area contributed by atoms with Gasteiger partial charge >= 0.3 is 15.2 Å². The SMILES string of the molecule is CCCCCCC(N)CC(O)(P(=O)(O)O)P(=O)(O)O. The molecular weight excluding hydrogens is 296 g/mol. The number of nitrogens with two attached hydrogens (primary N) is 1. The van der Waals surface area contributed by atoms with Crippen LogP contribution in [0, 0.1) is 0 Å². The van der Waals surface area contributed by atoms with Crippen molar-refractivity contribution in [1.82, 2.24) is 0 Å². The van der Waals surface area contributed by atoms with Gasteiger partial charge in [-0.1, -0.05) is 32.6 Å². The molecule has 10 heteroatoms. The zero-order chi connectivity index (χ0) is 15.3. The van der Waals surface area contributed by atoms with Gasteiger partial charge in [0.25, 0.3) is 5.08 Å². The zero-order valence-electron chi connectivity index (χ0n) is 10.8. The van der Waals surface area contributed by atoms with Gasteiger partial charge in [0, 0.05) is 12.5 Å². The van der Waals surface area contributed by atoms with E-state index in [2.05, 4.69) is 0 Å². The molecule has 0 radical (unpaired) electrons. The van der Waals surface area contributed by atoms with Gasteiger partial charge in [0.15, 0.2) is 0 Å². The van der Waals surface area contributed by atoms with E-state index in [4.69, 9.17) is 25.3 Å². The maximum atomic E-state index is 11.1. The first-order chi connectivity index (χ1) is 8.45. The van der Waals surface area contributed by atoms with Gasteiger partial charge in [-0.15, -0.1) is 0 Å². The summed E-state index contributed by atoms with van der Waals surface area (Å²) >= 11 is 0. The smallest absolute Gasteiger partial charge is 0.367 e. The van der Waals surface area contributed by atoms with Crippen LogP contribution < -0.4 is 5.73 Å². The summed E-state index contributed by atoms with van der Waals surface area (Å²) in [5, 5.41) is 6.25. The van der Waals surface area contributed by atoms with Crippen LogP contribution in [-0.4, -0.2) is 35.8 Å². The largest absolute Gasteiger partial charge is 0.369 e. The first-order valence-electron chi connectivity index (χ1n) is 6.05. The van der Waals surface area contributed by atoms with Gasteiger partial charge in [-0.25, -0.2) is 0 Å². The third-order valence-electron chi connectivity index (χ3n) is 2.90. The van der Waals surface area contributed by atoms with Crippen molar-refractivity contribution in [2.75, 3.05) is 0 Å². The van der Waals surface area contributed by atoms with Crippen LogP contribution in [-0.2, 0) is 9.13 Å². The second-order valence-corrected chi connectivity index (χ2v) is 8.68. The Kier molecular flexibility index (Phi) is 7.38. The molecular formula is C9H23NO7P2. The van der Waals surface area contributed by atoms with Gasteiger partial charge in [0.2, 0.25) is 0 Å². The summed E-state index contributed by atoms with van der Waals surface area (Å²) in [6.45, 7) is 2.01. The van der Waals surface area contributed by atoms with Gasteiger partial charge in [0.1, 0.15) is 0 Å². The molecule has 0 bridgehead atoms. The summed E-state index contributed by atoms with van der Waals surface area (Å²) in [4.78, 5) is 35.8. The second kappa shape index (κ2) is 7.29. The number of unbranched alkanes of at least 4 members (excludes halogenated alkanes) is 3. The van der Waals surface area contributed by atoms with E-state index in [9.17, 15) is 14.2 Å². The van der Waals surface area contributed by atoms with Gasteiger partial charge in [-0.2, -0.15) is 0 Å². The summed E-state index contributed by atoms with van der Waals surface area (Å²) in [6, 6.07) is -0.887. The van der Waals surface area contributed by atoms with Crippen molar-refractivity contribution in [1.29, 1.82) is 0 Å². The van der Waals surface area contributed by atoms with Crippen LogP contribution in [0.1, 0.15) is 45.4 Å². The highest BCUT2D eigenvalue weighted by Crippen LogP contribution is 2.69. The van der Waals surface area contributed by atoms with E-state index in [0.717, 1.165) is 19.3 Å². The predicted molar refractivity (Wildman–Crippen MR) is 70.4 cm³/mol. The Hall–Kier alpha value is 0.220. The average molecular weight is 319 g/mol. The molecule has 0 fully saturated rings. The van der Waals surface area contributed by atoms with E-state index in [1.165, 1.54) is 0 Å². The molecule has 0 aromatic heterocycles. The van der Waals surface area contributed by atoms with Crippen molar-refractivity contribution in [3.63, 3.8) is 0 Å². The number of hydrogen-bond acceptors (Lipinski definition) is 4. The van der Waals surface area contributed by atoms with Gasteiger partial charge in [-0.3, -0.25) is 9.13 Å². The Morgan fingerprint density at radius 2 is 1.53 bits per heavy atom. The molecule has 0 aromatic carbocycles. The molecule has 0 aromatic rings. The molecule has 0 amide bonds. The molecule has 19 heavy (non-hydrogen) atoms. The average Bonchev–Trinajstić information content (AvgIpc) is 2.21. The second-order valence-electron chi connectivity index (χ2n) is 4.68. The standard InChI is InChI=1S/C9H23NO7P2/c1-2-3-4-5-6-8(10)7-9(11,18(12,13)14)19(15,16)17/h8,11H,2-7,10H2,1H3,(H2,12,13,14)(H2,15,16,17). The minimum absolute atomic E-state index is 0.336. The highest BCUT2D eigenvalue weighted by Gasteiger charge is 2.59. The molecule has 116 valence electrons. The van der Waals surface area contributed by atoms with Crippen LogP contribution in [0.2, 0.25) is 0 Å². The molecule has 0 spiro atoms. The molecule has 0 saturated carbocycles. The van der Waals surface area contributed by atoms with Crippen LogP contribution in [0.15, 0.2) is 0 Å². The Morgan fingerprint density at radius 1 is 1.05 bits per heavy atom. The van der Waals surface area contributed by atoms with Crippen molar-refractivity contribution in [2.45, 2.75) is 56.6 Å². The molecule has 0 heterocycles. The lowest BCUT2D eigenvalue weighted by Crippen LogP contribution is -2.37. The van der Waals surface area contributed by atoms with Crippen LogP contribution >= 0.6 is 15.2 Å². The molecule has 8 nitrogen and oxygen atoms in total. The van der Waals surface area contributed by atoms with Crippen molar-refractivity contribution in [2.24, 2.45) is 5.73 Å². The van der Waals surface area contributed by atoms with E-state index >= 15 is 0 Å². The lowest BCUT2D eigenvalue weighted by atomic mass is 10.1. The summed E-state index contributed by atoms with van der Waals surface area (Å²) in [7, 11) is -10.8. The van der Waals surface area contributed by atoms with Crippen LogP contribution in [0.3, 0.4) is 0 Å². The molecule has 0 rings (SSSR count). The van der Waals surface area contributed by atoms with Crippen molar-refractivity contribution >= 4 is 15.2 Å². The number of rotatable bonds is 9. The van der Waals surface area contributed by atoms with Crippen LogP contribution in [0.25, 0.3) is 0 Å². The van der Waals surface area contributed by atoms with Crippen LogP contribution in [0.4, 0.5) is 0 Å². The summed E-state index contributed by atoms with van der Waals surface area (Å²) in [5.41, 5.74) is 5.59. The van der Waals surface area contributed by atoms with E-state index in [1.807, 2.05) is 6.92 Å². The fourth-order valence-corrected chi connectivity index (χ4v) is 4.00. The van der Waals surface area contributed by atoms with Gasteiger partial charge in [0.05, 0.1) is 0 Å². The zero-order valence-corrected chi connectivity index (χ0v) is 12.6. The molecule has 0 aliphatic rings. The van der Waals surface area contributed by atoms with Crippen molar-refractivity contribution < 1.29 is 33.8 Å². The van der Waals surface area contributed by atoms with E-state index in [1.54, 1.807) is 0 Å². The Labute approximate surface area is 112 Å². The lowest BCUT2D eigenvalue weighted by Gasteiger charge is -2.31. The topological polar surface area (TPSA) is 161 Å². The van der Waals surface area contributed by atoms with Crippen molar-refractivity contribution in [3.05, 3.63) is 0 Å².